The van der Waals surface area contributed by atoms with Gasteiger partial charge in [-0.1, -0.05) is 46.3 Å². The van der Waals surface area contributed by atoms with Crippen molar-refractivity contribution in [3.8, 4) is 0 Å². The fraction of sp³-hybridized carbons (Fsp3) is 0.357. The predicted molar refractivity (Wildman–Crippen MR) is 76.9 cm³/mol. The molecule has 18 heavy (non-hydrogen) atoms. The number of carbonyl (C=O) groups is 1. The maximum Gasteiger partial charge on any atom is 0.192 e. The van der Waals surface area contributed by atoms with Gasteiger partial charge in [-0.05, 0) is 7.05 Å². The van der Waals surface area contributed by atoms with E-state index in [2.05, 4.69) is 25.7 Å². The lowest BCUT2D eigenvalue weighted by molar-refractivity contribution is 0.0997. The van der Waals surface area contributed by atoms with Crippen molar-refractivity contribution in [2.24, 2.45) is 0 Å². The Balaban J connectivity index is 2.38. The molecule has 0 N–H and O–H groups in total. The third-order valence-electron chi connectivity index (χ3n) is 3.13. The quantitative estimate of drug-likeness (QED) is 0.632. The van der Waals surface area contributed by atoms with Crippen LogP contribution in [0, 0.1) is 0 Å². The number of alkyl halides is 1. The summed E-state index contributed by atoms with van der Waals surface area (Å²) in [5, 5.41) is 0.714. The Labute approximate surface area is 116 Å². The van der Waals surface area contributed by atoms with Crippen molar-refractivity contribution in [2.75, 3.05) is 32.6 Å². The molecule has 4 heteroatoms. The summed E-state index contributed by atoms with van der Waals surface area (Å²) in [6, 6.07) is 9.47. The number of Topliss-reactive ketones (excluding diaryl/α,β-unsaturated/α-hetero) is 1. The summed E-state index contributed by atoms with van der Waals surface area (Å²) in [6.45, 7) is 1.56. The first-order chi connectivity index (χ1) is 8.63. The topological polar surface area (TPSA) is 23.6 Å². The molecule has 1 heterocycles. The molecule has 1 aromatic carbocycles. The number of hydrogen-bond donors (Lipinski definition) is 0. The third-order valence-corrected chi connectivity index (χ3v) is 3.66. The number of likely N-dealkylation sites (N-methyl/N-ethyl adjacent to an activating group) is 1. The molecule has 1 aliphatic heterocycles. The summed E-state index contributed by atoms with van der Waals surface area (Å²) in [7, 11) is 4.05. The lowest BCUT2D eigenvalue weighted by atomic mass is 10.00. The summed E-state index contributed by atoms with van der Waals surface area (Å²) in [5.41, 5.74) is 2.73. The highest BCUT2D eigenvalue weighted by molar-refractivity contribution is 9.09. The third kappa shape index (κ3) is 2.65. The first-order valence-corrected chi connectivity index (χ1v) is 7.03. The van der Waals surface area contributed by atoms with Crippen LogP contribution in [0.3, 0.4) is 0 Å². The Kier molecular flexibility index (Phi) is 4.19. The molecule has 0 atom stereocenters. The molecule has 0 amide bonds. The van der Waals surface area contributed by atoms with Crippen molar-refractivity contribution in [1.29, 1.82) is 0 Å². The van der Waals surface area contributed by atoms with Gasteiger partial charge in [-0.2, -0.15) is 0 Å². The number of rotatable bonds is 3. The highest BCUT2D eigenvalue weighted by Gasteiger charge is 2.25. The molecule has 0 saturated heterocycles. The van der Waals surface area contributed by atoms with E-state index in [0.29, 0.717) is 11.9 Å². The number of hydrogen-bond acceptors (Lipinski definition) is 3. The summed E-state index contributed by atoms with van der Waals surface area (Å²) < 4.78 is 0. The molecule has 0 spiro atoms. The van der Waals surface area contributed by atoms with Gasteiger partial charge in [0.15, 0.2) is 5.78 Å². The molecular formula is C14H17BrN2O. The maximum absolute atomic E-state index is 12.5. The van der Waals surface area contributed by atoms with Crippen LogP contribution in [-0.4, -0.2) is 48.2 Å². The van der Waals surface area contributed by atoms with Crippen LogP contribution in [0.1, 0.15) is 10.4 Å². The van der Waals surface area contributed by atoms with Gasteiger partial charge in [0.1, 0.15) is 0 Å². The molecular weight excluding hydrogens is 292 g/mol. The Hall–Kier alpha value is -1.13. The first kappa shape index (κ1) is 13.3. The zero-order chi connectivity index (χ0) is 13.1. The van der Waals surface area contributed by atoms with Crippen LogP contribution >= 0.6 is 15.9 Å². The van der Waals surface area contributed by atoms with E-state index < -0.39 is 0 Å². The molecule has 2 rings (SSSR count). The van der Waals surface area contributed by atoms with Gasteiger partial charge in [0.2, 0.25) is 0 Å². The average Bonchev–Trinajstić information content (AvgIpc) is 2.38. The highest BCUT2D eigenvalue weighted by atomic mass is 79.9. The summed E-state index contributed by atoms with van der Waals surface area (Å²) in [4.78, 5) is 16.8. The minimum atomic E-state index is 0.128. The molecule has 0 aromatic heterocycles. The monoisotopic (exact) mass is 308 g/mol. The number of allylic oxidation sites excluding steroid dienone is 1. The van der Waals surface area contributed by atoms with Crippen molar-refractivity contribution in [3.63, 3.8) is 0 Å². The van der Waals surface area contributed by atoms with Gasteiger partial charge in [-0.25, -0.2) is 0 Å². The van der Waals surface area contributed by atoms with Gasteiger partial charge in [0.25, 0.3) is 0 Å². The number of nitrogens with zero attached hydrogens (tertiary/aromatic N) is 2. The second-order valence-electron chi connectivity index (χ2n) is 4.61. The molecule has 0 unspecified atom stereocenters. The number of halogens is 1. The molecule has 1 aliphatic rings. The number of ketones is 1. The second-order valence-corrected chi connectivity index (χ2v) is 5.17. The van der Waals surface area contributed by atoms with E-state index in [1.165, 1.54) is 0 Å². The van der Waals surface area contributed by atoms with Gasteiger partial charge in [0.05, 0.1) is 6.67 Å². The van der Waals surface area contributed by atoms with Gasteiger partial charge in [-0.15, -0.1) is 0 Å². The van der Waals surface area contributed by atoms with E-state index in [-0.39, 0.29) is 5.78 Å². The van der Waals surface area contributed by atoms with E-state index in [1.807, 2.05) is 44.4 Å². The fourth-order valence-corrected chi connectivity index (χ4v) is 3.00. The lowest BCUT2D eigenvalue weighted by Crippen LogP contribution is -2.41. The van der Waals surface area contributed by atoms with E-state index in [9.17, 15) is 4.79 Å². The summed E-state index contributed by atoms with van der Waals surface area (Å²) in [6.07, 6.45) is 0. The molecule has 0 bridgehead atoms. The van der Waals surface area contributed by atoms with Crippen molar-refractivity contribution >= 4 is 21.7 Å². The molecule has 96 valence electrons. The van der Waals surface area contributed by atoms with E-state index in [1.54, 1.807) is 0 Å². The summed E-state index contributed by atoms with van der Waals surface area (Å²) >= 11 is 3.48. The van der Waals surface area contributed by atoms with Gasteiger partial charge >= 0.3 is 0 Å². The van der Waals surface area contributed by atoms with E-state index >= 15 is 0 Å². The Morgan fingerprint density at radius 2 is 1.94 bits per heavy atom. The van der Waals surface area contributed by atoms with Gasteiger partial charge in [-0.3, -0.25) is 9.69 Å². The normalized spacial score (nSPS) is 17.2. The van der Waals surface area contributed by atoms with Crippen molar-refractivity contribution in [2.45, 2.75) is 0 Å². The number of carbonyl (C=O) groups excluding carboxylic acids is 1. The Morgan fingerprint density at radius 3 is 2.56 bits per heavy atom. The fourth-order valence-electron chi connectivity index (χ4n) is 2.24. The average molecular weight is 309 g/mol. The first-order valence-electron chi connectivity index (χ1n) is 5.91. The van der Waals surface area contributed by atoms with Crippen LogP contribution < -0.4 is 0 Å². The molecule has 0 saturated carbocycles. The van der Waals surface area contributed by atoms with Crippen molar-refractivity contribution < 1.29 is 4.79 Å². The SMILES string of the molecule is CN1CC(C(=O)c2ccccc2)=C(CBr)N(C)C1. The van der Waals surface area contributed by atoms with Gasteiger partial charge in [0, 0.05) is 35.8 Å². The molecule has 0 radical (unpaired) electrons. The number of benzene rings is 1. The Morgan fingerprint density at radius 1 is 1.28 bits per heavy atom. The van der Waals surface area contributed by atoms with Crippen LogP contribution in [-0.2, 0) is 0 Å². The standard InChI is InChI=1S/C14H17BrN2O/c1-16-9-12(13(8-15)17(2)10-16)14(18)11-6-4-3-5-7-11/h3-7H,8-10H2,1-2H3. The molecule has 0 fully saturated rings. The highest BCUT2D eigenvalue weighted by Crippen LogP contribution is 2.21. The van der Waals surface area contributed by atoms with Crippen LogP contribution in [0.25, 0.3) is 0 Å². The minimum Gasteiger partial charge on any atom is -0.364 e. The van der Waals surface area contributed by atoms with Crippen LogP contribution in [0.2, 0.25) is 0 Å². The van der Waals surface area contributed by atoms with E-state index in [4.69, 9.17) is 0 Å². The zero-order valence-corrected chi connectivity index (χ0v) is 12.3. The van der Waals surface area contributed by atoms with E-state index in [0.717, 1.165) is 23.5 Å². The Bertz CT molecular complexity index is 470. The molecule has 0 aliphatic carbocycles. The molecule has 3 nitrogen and oxygen atoms in total. The predicted octanol–water partition coefficient (Wildman–Crippen LogP) is 2.35. The van der Waals surface area contributed by atoms with Crippen LogP contribution in [0.15, 0.2) is 41.6 Å². The maximum atomic E-state index is 12.5. The van der Waals surface area contributed by atoms with Crippen LogP contribution in [0.5, 0.6) is 0 Å². The second kappa shape index (κ2) is 5.67. The molecule has 1 aromatic rings. The largest absolute Gasteiger partial charge is 0.364 e. The summed E-state index contributed by atoms with van der Waals surface area (Å²) in [5.74, 6) is 0.128. The van der Waals surface area contributed by atoms with Crippen molar-refractivity contribution in [1.82, 2.24) is 9.80 Å². The lowest BCUT2D eigenvalue weighted by Gasteiger charge is -2.35. The van der Waals surface area contributed by atoms with Crippen molar-refractivity contribution in [3.05, 3.63) is 47.2 Å². The minimum absolute atomic E-state index is 0.128. The van der Waals surface area contributed by atoms with Gasteiger partial charge < -0.3 is 4.90 Å². The zero-order valence-electron chi connectivity index (χ0n) is 10.7. The smallest absolute Gasteiger partial charge is 0.192 e. The van der Waals surface area contributed by atoms with Crippen LogP contribution in [0.4, 0.5) is 0 Å².